The van der Waals surface area contributed by atoms with Gasteiger partial charge in [0.1, 0.15) is 11.4 Å². The highest BCUT2D eigenvalue weighted by molar-refractivity contribution is 6.38. The first-order chi connectivity index (χ1) is 15.7. The molecule has 33 heavy (non-hydrogen) atoms. The predicted molar refractivity (Wildman–Crippen MR) is 122 cm³/mol. The van der Waals surface area contributed by atoms with Crippen LogP contribution in [0.3, 0.4) is 0 Å². The van der Waals surface area contributed by atoms with Crippen LogP contribution in [0.15, 0.2) is 23.1 Å². The van der Waals surface area contributed by atoms with Crippen LogP contribution in [0, 0.1) is 18.6 Å². The monoisotopic (exact) mass is 478 g/mol. The minimum atomic E-state index is -1.53. The quantitative estimate of drug-likeness (QED) is 0.425. The van der Waals surface area contributed by atoms with Gasteiger partial charge in [0.15, 0.2) is 5.82 Å². The maximum atomic E-state index is 15.5. The highest BCUT2D eigenvalue weighted by Crippen LogP contribution is 2.39. The molecule has 2 heterocycles. The van der Waals surface area contributed by atoms with E-state index in [4.69, 9.17) is 17.3 Å². The maximum absolute atomic E-state index is 15.5. The Morgan fingerprint density at radius 1 is 1.27 bits per heavy atom. The molecule has 0 spiro atoms. The molecule has 0 atom stereocenters. The van der Waals surface area contributed by atoms with Crippen molar-refractivity contribution in [3.8, 4) is 5.69 Å². The Hall–Kier alpha value is -3.21. The van der Waals surface area contributed by atoms with Crippen LogP contribution in [-0.2, 0) is 6.61 Å². The van der Waals surface area contributed by atoms with Crippen molar-refractivity contribution in [3.05, 3.63) is 61.9 Å². The minimum Gasteiger partial charge on any atom is -0.477 e. The molecule has 5 N–H and O–H groups in total. The number of pyridine rings is 1. The number of piperazine rings is 1. The van der Waals surface area contributed by atoms with E-state index in [1.165, 1.54) is 17.6 Å². The fourth-order valence-corrected chi connectivity index (χ4v) is 4.54. The number of hydrogen-bond acceptors (Lipinski definition) is 6. The third kappa shape index (κ3) is 3.69. The van der Waals surface area contributed by atoms with Gasteiger partial charge in [-0.1, -0.05) is 11.6 Å². The zero-order valence-corrected chi connectivity index (χ0v) is 18.3. The second-order valence-corrected chi connectivity index (χ2v) is 8.15. The number of anilines is 2. The summed E-state index contributed by atoms with van der Waals surface area (Å²) >= 11 is 6.70. The summed E-state index contributed by atoms with van der Waals surface area (Å²) < 4.78 is 30.9. The average Bonchev–Trinajstić information content (AvgIpc) is 2.79. The molecule has 0 unspecified atom stereocenters. The minimum absolute atomic E-state index is 0.0415. The fourth-order valence-electron chi connectivity index (χ4n) is 4.15. The molecule has 1 aliphatic rings. The van der Waals surface area contributed by atoms with Gasteiger partial charge < -0.3 is 30.7 Å². The van der Waals surface area contributed by atoms with Crippen LogP contribution in [0.5, 0.6) is 0 Å². The molecule has 1 aliphatic heterocycles. The van der Waals surface area contributed by atoms with Crippen molar-refractivity contribution in [3.63, 3.8) is 0 Å². The number of nitrogens with zero attached hydrogens (tertiary/aromatic N) is 2. The van der Waals surface area contributed by atoms with Crippen molar-refractivity contribution < 1.29 is 23.8 Å². The molecule has 2 aromatic carbocycles. The van der Waals surface area contributed by atoms with Gasteiger partial charge in [-0.2, -0.15) is 0 Å². The molecule has 0 saturated carbocycles. The number of nitrogens with two attached hydrogens (primary N) is 1. The molecule has 0 radical (unpaired) electrons. The molecular weight excluding hydrogens is 458 g/mol. The Labute approximate surface area is 191 Å². The Bertz CT molecular complexity index is 1350. The number of nitrogens with one attached hydrogen (secondary N) is 1. The van der Waals surface area contributed by atoms with Crippen molar-refractivity contribution >= 4 is 39.8 Å². The van der Waals surface area contributed by atoms with Gasteiger partial charge in [0, 0.05) is 43.5 Å². The third-order valence-electron chi connectivity index (χ3n) is 5.83. The molecule has 8 nitrogen and oxygen atoms in total. The summed E-state index contributed by atoms with van der Waals surface area (Å²) in [5, 5.41) is 22.3. The third-order valence-corrected chi connectivity index (χ3v) is 6.19. The molecule has 174 valence electrons. The molecule has 1 fully saturated rings. The molecule has 1 aromatic heterocycles. The smallest absolute Gasteiger partial charge is 0.341 e. The van der Waals surface area contributed by atoms with Gasteiger partial charge in [-0.05, 0) is 19.1 Å². The van der Waals surface area contributed by atoms with E-state index < -0.39 is 35.2 Å². The molecule has 0 bridgehead atoms. The number of aliphatic hydroxyl groups excluding tert-OH is 1. The van der Waals surface area contributed by atoms with E-state index in [9.17, 15) is 24.2 Å². The molecule has 11 heteroatoms. The zero-order chi connectivity index (χ0) is 24.0. The summed E-state index contributed by atoms with van der Waals surface area (Å²) in [4.78, 5) is 26.6. The lowest BCUT2D eigenvalue weighted by Crippen LogP contribution is -2.44. The number of rotatable bonds is 4. The van der Waals surface area contributed by atoms with Crippen molar-refractivity contribution in [2.24, 2.45) is 0 Å². The van der Waals surface area contributed by atoms with E-state index in [1.54, 1.807) is 4.90 Å². The largest absolute Gasteiger partial charge is 0.477 e. The molecule has 0 amide bonds. The summed E-state index contributed by atoms with van der Waals surface area (Å²) in [6.07, 6.45) is 1.03. The Kier molecular flexibility index (Phi) is 6.00. The number of hydrogen-bond donors (Lipinski definition) is 4. The van der Waals surface area contributed by atoms with E-state index in [2.05, 4.69) is 5.32 Å². The molecule has 0 aliphatic carbocycles. The van der Waals surface area contributed by atoms with Gasteiger partial charge in [0.25, 0.3) is 0 Å². The van der Waals surface area contributed by atoms with Crippen LogP contribution < -0.4 is 21.4 Å². The number of aromatic carboxylic acids is 1. The summed E-state index contributed by atoms with van der Waals surface area (Å²) in [7, 11) is 0. The summed E-state index contributed by atoms with van der Waals surface area (Å²) in [5.41, 5.74) is 4.18. The van der Waals surface area contributed by atoms with E-state index in [0.717, 1.165) is 12.3 Å². The number of fused-ring (bicyclic) bond motifs is 1. The van der Waals surface area contributed by atoms with Crippen LogP contribution in [-0.4, -0.2) is 46.9 Å². The van der Waals surface area contributed by atoms with E-state index >= 15 is 4.39 Å². The lowest BCUT2D eigenvalue weighted by atomic mass is 10.0. The molecule has 3 aromatic rings. The Balaban J connectivity index is 2.20. The highest BCUT2D eigenvalue weighted by Gasteiger charge is 2.28. The lowest BCUT2D eigenvalue weighted by Gasteiger charge is -2.32. The summed E-state index contributed by atoms with van der Waals surface area (Å²) in [5.74, 6) is -3.03. The van der Waals surface area contributed by atoms with Gasteiger partial charge in [0.05, 0.1) is 39.6 Å². The first kappa shape index (κ1) is 23.0. The number of aromatic nitrogens is 1. The maximum Gasteiger partial charge on any atom is 0.341 e. The lowest BCUT2D eigenvalue weighted by molar-refractivity contribution is 0.0695. The van der Waals surface area contributed by atoms with Crippen LogP contribution in [0.2, 0.25) is 5.02 Å². The van der Waals surface area contributed by atoms with Gasteiger partial charge in [-0.15, -0.1) is 0 Å². The first-order valence-corrected chi connectivity index (χ1v) is 10.5. The highest BCUT2D eigenvalue weighted by atomic mass is 35.5. The number of carboxylic acid groups (broad SMARTS) is 1. The number of carboxylic acids is 1. The number of halogens is 3. The number of carbonyl (C=O) groups is 1. The first-order valence-electron chi connectivity index (χ1n) is 10.1. The van der Waals surface area contributed by atoms with Gasteiger partial charge in [-0.25, -0.2) is 13.6 Å². The van der Waals surface area contributed by atoms with Crippen LogP contribution >= 0.6 is 11.6 Å². The second-order valence-electron chi connectivity index (χ2n) is 7.77. The number of aryl methyl sites for hydroxylation is 1. The predicted octanol–water partition coefficient (Wildman–Crippen LogP) is 2.41. The van der Waals surface area contributed by atoms with Gasteiger partial charge >= 0.3 is 5.97 Å². The van der Waals surface area contributed by atoms with Crippen LogP contribution in [0.4, 0.5) is 20.2 Å². The van der Waals surface area contributed by atoms with E-state index in [0.29, 0.717) is 26.2 Å². The van der Waals surface area contributed by atoms with Gasteiger partial charge in [0.2, 0.25) is 5.43 Å². The average molecular weight is 479 g/mol. The summed E-state index contributed by atoms with van der Waals surface area (Å²) in [6.45, 7) is 2.89. The Morgan fingerprint density at radius 3 is 2.55 bits per heavy atom. The van der Waals surface area contributed by atoms with Crippen LogP contribution in [0.1, 0.15) is 21.5 Å². The van der Waals surface area contributed by atoms with E-state index in [1.807, 2.05) is 0 Å². The standard InChI is InChI=1S/C22H21ClF2N4O4/c1-10-16-19(17(23)20(18(10)25)28-4-2-27-3-5-28)29(8-12(21(16)31)22(32)33)15-7-14(26)13(24)6-11(15)9-30/h6-8,27,30H,2-5,9,26H2,1H3,(H,32,33). The van der Waals surface area contributed by atoms with Crippen LogP contribution in [0.25, 0.3) is 16.6 Å². The van der Waals surface area contributed by atoms with Crippen molar-refractivity contribution in [2.45, 2.75) is 13.5 Å². The van der Waals surface area contributed by atoms with Crippen molar-refractivity contribution in [1.82, 2.24) is 9.88 Å². The summed E-state index contributed by atoms with van der Waals surface area (Å²) in [6, 6.07) is 2.21. The van der Waals surface area contributed by atoms with Crippen molar-refractivity contribution in [1.29, 1.82) is 0 Å². The van der Waals surface area contributed by atoms with E-state index in [-0.39, 0.29) is 44.1 Å². The fraction of sp³-hybridized carbons (Fsp3) is 0.273. The molecule has 1 saturated heterocycles. The Morgan fingerprint density at radius 2 is 1.94 bits per heavy atom. The number of benzene rings is 2. The van der Waals surface area contributed by atoms with Crippen molar-refractivity contribution in [2.75, 3.05) is 36.8 Å². The second kappa shape index (κ2) is 8.62. The molecular formula is C22H21ClF2N4O4. The molecule has 4 rings (SSSR count). The topological polar surface area (TPSA) is 121 Å². The normalized spacial score (nSPS) is 14.2. The number of aliphatic hydroxyl groups is 1. The van der Waals surface area contributed by atoms with Gasteiger partial charge in [-0.3, -0.25) is 4.79 Å². The SMILES string of the molecule is Cc1c(F)c(N2CCNCC2)c(Cl)c2c1c(=O)c(C(=O)O)cn2-c1cc(N)c(F)cc1CO. The zero-order valence-electron chi connectivity index (χ0n) is 17.6. The number of nitrogen functional groups attached to an aromatic ring is 1.